The first-order valence-corrected chi connectivity index (χ1v) is 7.35. The molecule has 5 heteroatoms. The molecule has 0 aliphatic heterocycles. The van der Waals surface area contributed by atoms with Crippen LogP contribution in [0.25, 0.3) is 11.3 Å². The average Bonchev–Trinajstić information content (AvgIpc) is 2.97. The highest BCUT2D eigenvalue weighted by Gasteiger charge is 2.10. The molecule has 0 fully saturated rings. The second kappa shape index (κ2) is 5.61. The van der Waals surface area contributed by atoms with Gasteiger partial charge in [-0.15, -0.1) is 11.3 Å². The summed E-state index contributed by atoms with van der Waals surface area (Å²) >= 11 is 7.63. The van der Waals surface area contributed by atoms with E-state index >= 15 is 0 Å². The maximum Gasteiger partial charge on any atom is 0.190 e. The van der Waals surface area contributed by atoms with E-state index < -0.39 is 0 Å². The number of hydrogen-bond acceptors (Lipinski definition) is 4. The van der Waals surface area contributed by atoms with Gasteiger partial charge >= 0.3 is 0 Å². The molecule has 3 rings (SSSR count). The van der Waals surface area contributed by atoms with Gasteiger partial charge in [-0.1, -0.05) is 17.7 Å². The van der Waals surface area contributed by atoms with Crippen molar-refractivity contribution in [3.8, 4) is 11.3 Å². The normalized spacial score (nSPS) is 10.5. The summed E-state index contributed by atoms with van der Waals surface area (Å²) in [7, 11) is 1.99. The van der Waals surface area contributed by atoms with Crippen LogP contribution in [0.4, 0.5) is 10.8 Å². The molecule has 2 aromatic heterocycles. The lowest BCUT2D eigenvalue weighted by Crippen LogP contribution is -2.08. The molecule has 0 saturated heterocycles. The Morgan fingerprint density at radius 2 is 1.95 bits per heavy atom. The van der Waals surface area contributed by atoms with Crippen molar-refractivity contribution < 1.29 is 0 Å². The lowest BCUT2D eigenvalue weighted by atomic mass is 10.2. The van der Waals surface area contributed by atoms with Crippen LogP contribution in [0.1, 0.15) is 0 Å². The Kier molecular flexibility index (Phi) is 3.67. The minimum atomic E-state index is 0.722. The molecule has 0 bridgehead atoms. The minimum absolute atomic E-state index is 0.722. The molecule has 20 heavy (non-hydrogen) atoms. The van der Waals surface area contributed by atoms with Gasteiger partial charge in [-0.2, -0.15) is 0 Å². The first kappa shape index (κ1) is 13.1. The van der Waals surface area contributed by atoms with Crippen molar-refractivity contribution in [2.45, 2.75) is 0 Å². The monoisotopic (exact) mass is 301 g/mol. The lowest BCUT2D eigenvalue weighted by Gasteiger charge is -2.15. The van der Waals surface area contributed by atoms with Crippen molar-refractivity contribution >= 4 is 33.8 Å². The van der Waals surface area contributed by atoms with Gasteiger partial charge in [0.2, 0.25) is 0 Å². The van der Waals surface area contributed by atoms with Gasteiger partial charge in [0.25, 0.3) is 0 Å². The Bertz CT molecular complexity index is 712. The molecule has 0 aliphatic carbocycles. The van der Waals surface area contributed by atoms with Crippen molar-refractivity contribution in [1.29, 1.82) is 0 Å². The highest BCUT2D eigenvalue weighted by atomic mass is 35.5. The van der Waals surface area contributed by atoms with E-state index in [0.29, 0.717) is 0 Å². The van der Waals surface area contributed by atoms with Gasteiger partial charge in [0.1, 0.15) is 0 Å². The largest absolute Gasteiger partial charge is 0.321 e. The van der Waals surface area contributed by atoms with Gasteiger partial charge in [0.15, 0.2) is 5.13 Å². The van der Waals surface area contributed by atoms with Crippen LogP contribution in [0.5, 0.6) is 0 Å². The zero-order chi connectivity index (χ0) is 13.9. The minimum Gasteiger partial charge on any atom is -0.321 e. The second-order valence-corrected chi connectivity index (χ2v) is 5.56. The first-order chi connectivity index (χ1) is 9.74. The number of nitrogens with zero attached hydrogens (tertiary/aromatic N) is 3. The fourth-order valence-corrected chi connectivity index (χ4v) is 2.87. The number of anilines is 2. The molecule has 0 N–H and O–H groups in total. The van der Waals surface area contributed by atoms with Crippen molar-refractivity contribution in [3.05, 3.63) is 59.2 Å². The van der Waals surface area contributed by atoms with E-state index in [4.69, 9.17) is 11.6 Å². The number of halogens is 1. The second-order valence-electron chi connectivity index (χ2n) is 4.29. The summed E-state index contributed by atoms with van der Waals surface area (Å²) < 4.78 is 0. The molecular weight excluding hydrogens is 290 g/mol. The number of pyridine rings is 1. The summed E-state index contributed by atoms with van der Waals surface area (Å²) in [6, 6.07) is 11.7. The molecule has 0 radical (unpaired) electrons. The highest BCUT2D eigenvalue weighted by Crippen LogP contribution is 2.31. The molecule has 0 unspecified atom stereocenters. The molecule has 0 saturated carbocycles. The molecule has 0 atom stereocenters. The molecule has 1 aromatic carbocycles. The van der Waals surface area contributed by atoms with Crippen molar-refractivity contribution in [2.75, 3.05) is 11.9 Å². The summed E-state index contributed by atoms with van der Waals surface area (Å²) in [5.41, 5.74) is 3.05. The van der Waals surface area contributed by atoms with Crippen LogP contribution in [0.2, 0.25) is 5.02 Å². The topological polar surface area (TPSA) is 29.0 Å². The Morgan fingerprint density at radius 1 is 1.15 bits per heavy atom. The number of thiazole rings is 1. The van der Waals surface area contributed by atoms with Crippen LogP contribution < -0.4 is 4.90 Å². The fraction of sp³-hybridized carbons (Fsp3) is 0.0667. The van der Waals surface area contributed by atoms with Crippen molar-refractivity contribution in [3.63, 3.8) is 0 Å². The molecule has 3 aromatic rings. The summed E-state index contributed by atoms with van der Waals surface area (Å²) in [6.45, 7) is 0. The lowest BCUT2D eigenvalue weighted by molar-refractivity contribution is 1.17. The SMILES string of the molecule is CN(c1cccc(Cl)c1)c1nc(-c2ccncc2)cs1. The Labute approximate surface area is 126 Å². The van der Waals surface area contributed by atoms with Crippen LogP contribution in [0.3, 0.4) is 0 Å². The number of aromatic nitrogens is 2. The summed E-state index contributed by atoms with van der Waals surface area (Å²) in [6.07, 6.45) is 3.55. The van der Waals surface area contributed by atoms with Gasteiger partial charge in [-0.05, 0) is 30.3 Å². The molecule has 0 spiro atoms. The van der Waals surface area contributed by atoms with Gasteiger partial charge in [-0.3, -0.25) is 4.98 Å². The van der Waals surface area contributed by atoms with Crippen LogP contribution in [0.15, 0.2) is 54.2 Å². The molecule has 100 valence electrons. The van der Waals surface area contributed by atoms with E-state index in [-0.39, 0.29) is 0 Å². The maximum atomic E-state index is 6.03. The van der Waals surface area contributed by atoms with Gasteiger partial charge in [0, 0.05) is 41.1 Å². The molecule has 0 aliphatic rings. The van der Waals surface area contributed by atoms with Gasteiger partial charge in [-0.25, -0.2) is 4.98 Å². The standard InChI is InChI=1S/C15H12ClN3S/c1-19(13-4-2-3-12(16)9-13)15-18-14(10-20-15)11-5-7-17-8-6-11/h2-10H,1H3. The van der Waals surface area contributed by atoms with Crippen molar-refractivity contribution in [2.24, 2.45) is 0 Å². The van der Waals surface area contributed by atoms with E-state index in [2.05, 4.69) is 9.97 Å². The van der Waals surface area contributed by atoms with E-state index in [0.717, 1.165) is 27.1 Å². The fourth-order valence-electron chi connectivity index (χ4n) is 1.87. The predicted octanol–water partition coefficient (Wildman–Crippen LogP) is 4.63. The summed E-state index contributed by atoms with van der Waals surface area (Å²) in [5.74, 6) is 0. The highest BCUT2D eigenvalue weighted by molar-refractivity contribution is 7.14. The van der Waals surface area contributed by atoms with Crippen LogP contribution in [-0.2, 0) is 0 Å². The quantitative estimate of drug-likeness (QED) is 0.706. The third-order valence-electron chi connectivity index (χ3n) is 2.95. The molecular formula is C15H12ClN3S. The first-order valence-electron chi connectivity index (χ1n) is 6.09. The smallest absolute Gasteiger partial charge is 0.190 e. The zero-order valence-electron chi connectivity index (χ0n) is 10.8. The Balaban J connectivity index is 1.90. The maximum absolute atomic E-state index is 6.03. The number of benzene rings is 1. The Hall–Kier alpha value is -1.91. The van der Waals surface area contributed by atoms with Crippen molar-refractivity contribution in [1.82, 2.24) is 9.97 Å². The van der Waals surface area contributed by atoms with Crippen LogP contribution in [0, 0.1) is 0 Å². The van der Waals surface area contributed by atoms with E-state index in [9.17, 15) is 0 Å². The van der Waals surface area contributed by atoms with Crippen LogP contribution in [-0.4, -0.2) is 17.0 Å². The van der Waals surface area contributed by atoms with E-state index in [1.165, 1.54) is 0 Å². The summed E-state index contributed by atoms with van der Waals surface area (Å²) in [5, 5.41) is 3.70. The molecule has 0 amide bonds. The van der Waals surface area contributed by atoms with E-state index in [1.807, 2.05) is 53.7 Å². The van der Waals surface area contributed by atoms with Gasteiger partial charge < -0.3 is 4.90 Å². The zero-order valence-corrected chi connectivity index (χ0v) is 12.4. The van der Waals surface area contributed by atoms with Crippen LogP contribution >= 0.6 is 22.9 Å². The Morgan fingerprint density at radius 3 is 2.70 bits per heavy atom. The summed E-state index contributed by atoms with van der Waals surface area (Å²) in [4.78, 5) is 10.7. The molecule has 2 heterocycles. The van der Waals surface area contributed by atoms with E-state index in [1.54, 1.807) is 23.7 Å². The van der Waals surface area contributed by atoms with Gasteiger partial charge in [0.05, 0.1) is 5.69 Å². The number of hydrogen-bond donors (Lipinski definition) is 0. The molecule has 3 nitrogen and oxygen atoms in total. The third kappa shape index (κ3) is 2.66. The number of rotatable bonds is 3. The third-order valence-corrected chi connectivity index (χ3v) is 4.10. The average molecular weight is 302 g/mol. The predicted molar refractivity (Wildman–Crippen MR) is 84.9 cm³/mol.